The molecule has 0 aromatic heterocycles. The van der Waals surface area contributed by atoms with Gasteiger partial charge < -0.3 is 0 Å². The third kappa shape index (κ3) is 10.3. The molecule has 0 rings (SSSR count). The Hall–Kier alpha value is 0.270. The van der Waals surface area contributed by atoms with Gasteiger partial charge in [0.05, 0.1) is 0 Å². The Bertz CT molecular complexity index is 390. The van der Waals surface area contributed by atoms with Gasteiger partial charge in [0.15, 0.2) is 0 Å². The Kier molecular flexibility index (Phi) is 9.94. The van der Waals surface area contributed by atoms with Crippen molar-refractivity contribution in [3.8, 4) is 0 Å². The molecular weight excluding hydrogens is 439 g/mol. The molecule has 2 N–H and O–H groups in total. The number of carbonyl (C=O) groups is 1. The summed E-state index contributed by atoms with van der Waals surface area (Å²) in [6, 6.07) is -0.0740. The maximum absolute atomic E-state index is 12.3. The second-order valence-corrected chi connectivity index (χ2v) is 20.5. The topological polar surface area (TPSA) is 64.8 Å². The molecule has 0 bridgehead atoms. The van der Waals surface area contributed by atoms with E-state index in [1.165, 1.54) is 0 Å². The van der Waals surface area contributed by atoms with Crippen LogP contribution in [-0.4, -0.2) is 59.6 Å². The van der Waals surface area contributed by atoms with Gasteiger partial charge in [-0.3, -0.25) is 0 Å². The van der Waals surface area contributed by atoms with Gasteiger partial charge in [-0.2, -0.15) is 0 Å². The second kappa shape index (κ2) is 9.83. The van der Waals surface area contributed by atoms with Crippen LogP contribution in [0.5, 0.6) is 0 Å². The third-order valence-electron chi connectivity index (χ3n) is 3.47. The summed E-state index contributed by atoms with van der Waals surface area (Å²) in [6.45, 7) is 16.2. The van der Waals surface area contributed by atoms with Crippen LogP contribution >= 0.6 is 7.20 Å². The van der Waals surface area contributed by atoms with Gasteiger partial charge >= 0.3 is 160 Å². The Morgan fingerprint density at radius 2 is 1.75 bits per heavy atom. The number of ether oxygens (including phenoxy) is 1. The Morgan fingerprint density at radius 1 is 1.21 bits per heavy atom. The Morgan fingerprint density at radius 3 is 2.17 bits per heavy atom. The summed E-state index contributed by atoms with van der Waals surface area (Å²) in [5.41, 5.74) is 5.37. The van der Waals surface area contributed by atoms with E-state index in [1.807, 2.05) is 27.7 Å². The molecule has 0 aromatic carbocycles. The average molecular weight is 477 g/mol. The van der Waals surface area contributed by atoms with Gasteiger partial charge in [-0.05, 0) is 0 Å². The third-order valence-corrected chi connectivity index (χ3v) is 14.6. The van der Waals surface area contributed by atoms with Crippen molar-refractivity contribution in [1.29, 1.82) is 0 Å². The Labute approximate surface area is 160 Å². The summed E-state index contributed by atoms with van der Waals surface area (Å²) in [4.78, 5) is 14.0. The van der Waals surface area contributed by atoms with E-state index in [2.05, 4.69) is 33.3 Å². The van der Waals surface area contributed by atoms with Crippen LogP contribution < -0.4 is 26.0 Å². The van der Waals surface area contributed by atoms with Gasteiger partial charge in [0.25, 0.3) is 0 Å². The first-order chi connectivity index (χ1) is 10.7. The molecule has 0 aliphatic rings. The number of hydrogen-bond donors (Lipinski definition) is 1. The van der Waals surface area contributed by atoms with E-state index in [-0.39, 0.29) is 32.4 Å². The van der Waals surface area contributed by atoms with Crippen LogP contribution in [0.4, 0.5) is 4.79 Å². The van der Waals surface area contributed by atoms with Crippen LogP contribution in [0.2, 0.25) is 0 Å². The average Bonchev–Trinajstić information content (AvgIpc) is 2.32. The minimum atomic E-state index is -0.695. The fraction of sp³-hybridized carbons (Fsp3) is 0.941. The van der Waals surface area contributed by atoms with E-state index in [9.17, 15) is 4.79 Å². The van der Waals surface area contributed by atoms with Crippen LogP contribution in [0, 0.1) is 0 Å². The van der Waals surface area contributed by atoms with Gasteiger partial charge in [-0.25, -0.2) is 0 Å². The van der Waals surface area contributed by atoms with Gasteiger partial charge in [-0.15, -0.1) is 0 Å². The minimum absolute atomic E-state index is 0.0740. The number of nitrogens with zero attached hydrogens (tertiary/aromatic N) is 1. The molecule has 5 nitrogen and oxygen atoms in total. The number of rotatable bonds is 8. The van der Waals surface area contributed by atoms with Crippen molar-refractivity contribution in [2.75, 3.05) is 32.2 Å². The molecular formula is C17H38IN2O3S-. The van der Waals surface area contributed by atoms with E-state index in [4.69, 9.17) is 13.5 Å². The van der Waals surface area contributed by atoms with Gasteiger partial charge in [0.1, 0.15) is 0 Å². The number of carbonyl (C=O) groups excluding carboxylic acids is 1. The predicted octanol–water partition coefficient (Wildman–Crippen LogP) is 0.759. The number of halogens is 1. The van der Waals surface area contributed by atoms with Crippen molar-refractivity contribution >= 4 is 13.3 Å². The van der Waals surface area contributed by atoms with Crippen molar-refractivity contribution in [1.82, 2.24) is 4.90 Å². The fourth-order valence-electron chi connectivity index (χ4n) is 1.48. The fourth-order valence-corrected chi connectivity index (χ4v) is 6.33. The summed E-state index contributed by atoms with van der Waals surface area (Å²) in [7, 11) is -0.695. The molecule has 0 fully saturated rings. The van der Waals surface area contributed by atoms with Crippen molar-refractivity contribution in [3.63, 3.8) is 0 Å². The standard InChI is InChI=1S/C17H38IN2O3S/c1-14(19)13-20(15(21)23-16(2,3)4)11-10-12-22-18-24(8,9)17(5,6)7/h14H,10-13,19H2,1-9H3/q-1/t14-/m1/s1. The molecule has 0 aliphatic heterocycles. The molecule has 24 heavy (non-hydrogen) atoms. The molecule has 148 valence electrons. The summed E-state index contributed by atoms with van der Waals surface area (Å²) in [5.74, 6) is 0. The number of amides is 1. The normalized spacial score (nSPS) is 15.2. The predicted molar refractivity (Wildman–Crippen MR) is 101 cm³/mol. The first-order valence-corrected chi connectivity index (χ1v) is 14.3. The molecule has 0 spiro atoms. The molecule has 1 amide bonds. The molecule has 0 radical (unpaired) electrons. The molecule has 1 atom stereocenters. The van der Waals surface area contributed by atoms with E-state index in [1.54, 1.807) is 4.90 Å². The maximum atomic E-state index is 12.3. The second-order valence-electron chi connectivity index (χ2n) is 8.45. The van der Waals surface area contributed by atoms with Crippen molar-refractivity contribution in [2.45, 2.75) is 71.3 Å². The zero-order valence-corrected chi connectivity index (χ0v) is 19.9. The van der Waals surface area contributed by atoms with Crippen LogP contribution in [0.25, 0.3) is 0 Å². The van der Waals surface area contributed by atoms with E-state index in [0.29, 0.717) is 24.4 Å². The zero-order chi connectivity index (χ0) is 19.2. The monoisotopic (exact) mass is 477 g/mol. The van der Waals surface area contributed by atoms with Crippen LogP contribution in [0.1, 0.15) is 54.9 Å². The molecule has 0 saturated heterocycles. The van der Waals surface area contributed by atoms with E-state index < -0.39 is 12.8 Å². The molecule has 0 saturated carbocycles. The summed E-state index contributed by atoms with van der Waals surface area (Å²) >= 11 is -0.276. The van der Waals surface area contributed by atoms with Gasteiger partial charge in [0.2, 0.25) is 0 Å². The zero-order valence-electron chi connectivity index (χ0n) is 16.9. The first kappa shape index (κ1) is 24.3. The molecule has 0 unspecified atom stereocenters. The van der Waals surface area contributed by atoms with Gasteiger partial charge in [-0.1, -0.05) is 0 Å². The van der Waals surface area contributed by atoms with Crippen LogP contribution in [0.3, 0.4) is 0 Å². The van der Waals surface area contributed by atoms with Crippen LogP contribution in [0.15, 0.2) is 0 Å². The number of nitrogens with two attached hydrogens (primary N) is 1. The van der Waals surface area contributed by atoms with Crippen molar-refractivity contribution in [2.24, 2.45) is 5.73 Å². The number of hydrogen-bond acceptors (Lipinski definition) is 4. The first-order valence-electron chi connectivity index (χ1n) is 8.41. The van der Waals surface area contributed by atoms with E-state index >= 15 is 0 Å². The SMILES string of the molecule is C[C@@H](N)CN(CCCO[I-]S(C)(C)C(C)(C)C)C(=O)OC(C)(C)C. The van der Waals surface area contributed by atoms with Gasteiger partial charge in [0, 0.05) is 0 Å². The summed E-state index contributed by atoms with van der Waals surface area (Å²) in [5, 5.41) is 0. The summed E-state index contributed by atoms with van der Waals surface area (Å²) < 4.78 is 11.8. The van der Waals surface area contributed by atoms with E-state index in [0.717, 1.165) is 6.42 Å². The van der Waals surface area contributed by atoms with Crippen molar-refractivity contribution < 1.29 is 32.8 Å². The summed E-state index contributed by atoms with van der Waals surface area (Å²) in [6.07, 6.45) is 5.22. The molecule has 0 heterocycles. The molecule has 0 aliphatic carbocycles. The van der Waals surface area contributed by atoms with Crippen LogP contribution in [-0.2, 0) is 7.80 Å². The van der Waals surface area contributed by atoms with Crippen molar-refractivity contribution in [3.05, 3.63) is 0 Å². The molecule has 7 heteroatoms. The molecule has 0 aromatic rings. The Balaban J connectivity index is 4.37. The quantitative estimate of drug-likeness (QED) is 0.414.